The number of halogens is 1. The number of rotatable bonds is 2. The van der Waals surface area contributed by atoms with E-state index in [4.69, 9.17) is 5.73 Å². The van der Waals surface area contributed by atoms with Gasteiger partial charge in [-0.15, -0.1) is 0 Å². The van der Waals surface area contributed by atoms with Crippen molar-refractivity contribution in [3.63, 3.8) is 0 Å². The van der Waals surface area contributed by atoms with Crippen LogP contribution >= 0.6 is 15.9 Å². The monoisotopic (exact) mass is 294 g/mol. The molecule has 0 fully saturated rings. The highest BCUT2D eigenvalue weighted by Crippen LogP contribution is 2.34. The van der Waals surface area contributed by atoms with Crippen LogP contribution in [0.25, 0.3) is 10.9 Å². The maximum atomic E-state index is 6.16. The number of nitrogens with one attached hydrogen (secondary N) is 1. The summed E-state index contributed by atoms with van der Waals surface area (Å²) in [4.78, 5) is 3.40. The number of hydrogen-bond acceptors (Lipinski definition) is 1. The number of nitrogens with two attached hydrogens (primary N) is 1. The smallest absolute Gasteiger partial charge is 0.0516 e. The average molecular weight is 295 g/mol. The molecule has 1 aromatic carbocycles. The lowest BCUT2D eigenvalue weighted by atomic mass is 10.0. The predicted octanol–water partition coefficient (Wildman–Crippen LogP) is 4.25. The third kappa shape index (κ3) is 2.26. The van der Waals surface area contributed by atoms with Crippen LogP contribution in [0.5, 0.6) is 0 Å². The van der Waals surface area contributed by atoms with E-state index >= 15 is 0 Å². The summed E-state index contributed by atoms with van der Waals surface area (Å²) in [6.45, 7) is 8.42. The third-order valence-electron chi connectivity index (χ3n) is 3.07. The normalized spacial score (nSPS) is 12.6. The number of aromatic nitrogens is 1. The first-order chi connectivity index (χ1) is 7.80. The molecule has 0 bridgehead atoms. The molecule has 3 N–H and O–H groups in total. The zero-order valence-electron chi connectivity index (χ0n) is 10.8. The molecule has 1 aromatic heterocycles. The maximum absolute atomic E-state index is 6.16. The standard InChI is InChI=1S/C14H19BrN2/c1-8(2)9-5-6-11-10(7-9)12(15)13(17-11)14(3,4)16/h5-8,17H,16H2,1-4H3. The van der Waals surface area contributed by atoms with Crippen LogP contribution in [0.15, 0.2) is 22.7 Å². The highest BCUT2D eigenvalue weighted by atomic mass is 79.9. The summed E-state index contributed by atoms with van der Waals surface area (Å²) >= 11 is 3.66. The minimum Gasteiger partial charge on any atom is -0.356 e. The summed E-state index contributed by atoms with van der Waals surface area (Å²) in [5.74, 6) is 0.538. The first-order valence-corrected chi connectivity index (χ1v) is 6.70. The fourth-order valence-electron chi connectivity index (χ4n) is 1.98. The van der Waals surface area contributed by atoms with Crippen LogP contribution in [0.4, 0.5) is 0 Å². The van der Waals surface area contributed by atoms with Gasteiger partial charge in [0.2, 0.25) is 0 Å². The molecule has 0 saturated carbocycles. The Morgan fingerprint density at radius 2 is 1.94 bits per heavy atom. The van der Waals surface area contributed by atoms with Gasteiger partial charge >= 0.3 is 0 Å². The van der Waals surface area contributed by atoms with Crippen LogP contribution in [0.2, 0.25) is 0 Å². The fourth-order valence-corrected chi connectivity index (χ4v) is 2.92. The molecule has 0 saturated heterocycles. The van der Waals surface area contributed by atoms with E-state index in [9.17, 15) is 0 Å². The minimum absolute atomic E-state index is 0.365. The summed E-state index contributed by atoms with van der Waals surface area (Å²) in [7, 11) is 0. The van der Waals surface area contributed by atoms with E-state index in [1.807, 2.05) is 13.8 Å². The van der Waals surface area contributed by atoms with Crippen molar-refractivity contribution in [1.82, 2.24) is 4.98 Å². The van der Waals surface area contributed by atoms with Gasteiger partial charge in [-0.1, -0.05) is 19.9 Å². The third-order valence-corrected chi connectivity index (χ3v) is 3.89. The first kappa shape index (κ1) is 12.7. The molecule has 0 aliphatic carbocycles. The molecular weight excluding hydrogens is 276 g/mol. The highest BCUT2D eigenvalue weighted by Gasteiger charge is 2.21. The van der Waals surface area contributed by atoms with Crippen molar-refractivity contribution in [3.8, 4) is 0 Å². The van der Waals surface area contributed by atoms with Gasteiger partial charge in [-0.2, -0.15) is 0 Å². The van der Waals surface area contributed by atoms with Crippen molar-refractivity contribution in [3.05, 3.63) is 33.9 Å². The van der Waals surface area contributed by atoms with Gasteiger partial charge in [0.05, 0.1) is 5.54 Å². The summed E-state index contributed by atoms with van der Waals surface area (Å²) in [6.07, 6.45) is 0. The summed E-state index contributed by atoms with van der Waals surface area (Å²) in [5.41, 5.74) is 9.32. The molecule has 92 valence electrons. The van der Waals surface area contributed by atoms with Crippen molar-refractivity contribution in [2.75, 3.05) is 0 Å². The Bertz CT molecular complexity index is 547. The summed E-state index contributed by atoms with van der Waals surface area (Å²) in [6, 6.07) is 6.53. The molecular formula is C14H19BrN2. The molecule has 2 nitrogen and oxygen atoms in total. The second-order valence-corrected chi connectivity index (χ2v) is 6.29. The van der Waals surface area contributed by atoms with Crippen molar-refractivity contribution in [1.29, 1.82) is 0 Å². The molecule has 2 rings (SSSR count). The SMILES string of the molecule is CC(C)c1ccc2[nH]c(C(C)(C)N)c(Br)c2c1. The second kappa shape index (κ2) is 4.14. The molecule has 1 heterocycles. The van der Waals surface area contributed by atoms with Crippen LogP contribution in [0.1, 0.15) is 44.9 Å². The van der Waals surface area contributed by atoms with Gasteiger partial charge < -0.3 is 10.7 Å². The quantitative estimate of drug-likeness (QED) is 0.854. The lowest BCUT2D eigenvalue weighted by molar-refractivity contribution is 0.537. The zero-order chi connectivity index (χ0) is 12.8. The summed E-state index contributed by atoms with van der Waals surface area (Å²) < 4.78 is 1.09. The Kier molecular flexibility index (Phi) is 3.08. The molecule has 2 aromatic rings. The number of hydrogen-bond donors (Lipinski definition) is 2. The lowest BCUT2D eigenvalue weighted by Crippen LogP contribution is -2.29. The Hall–Kier alpha value is -0.800. The van der Waals surface area contributed by atoms with E-state index in [0.717, 1.165) is 15.7 Å². The average Bonchev–Trinajstić information content (AvgIpc) is 2.55. The molecule has 0 atom stereocenters. The topological polar surface area (TPSA) is 41.8 Å². The van der Waals surface area contributed by atoms with Gasteiger partial charge in [0.15, 0.2) is 0 Å². The molecule has 0 spiro atoms. The molecule has 3 heteroatoms. The number of fused-ring (bicyclic) bond motifs is 1. The van der Waals surface area contributed by atoms with Crippen LogP contribution in [0.3, 0.4) is 0 Å². The molecule has 0 aliphatic heterocycles. The lowest BCUT2D eigenvalue weighted by Gasteiger charge is -2.17. The Morgan fingerprint density at radius 3 is 2.47 bits per heavy atom. The largest absolute Gasteiger partial charge is 0.356 e. The zero-order valence-corrected chi connectivity index (χ0v) is 12.4. The molecule has 0 radical (unpaired) electrons. The number of H-pyrrole nitrogens is 1. The summed E-state index contributed by atoms with van der Waals surface area (Å²) in [5, 5.41) is 1.21. The molecule has 0 aliphatic rings. The van der Waals surface area contributed by atoms with Gasteiger partial charge in [0, 0.05) is 21.1 Å². The van der Waals surface area contributed by atoms with Gasteiger partial charge in [0.1, 0.15) is 0 Å². The fraction of sp³-hybridized carbons (Fsp3) is 0.429. The Balaban J connectivity index is 2.67. The van der Waals surface area contributed by atoms with Crippen LogP contribution in [-0.2, 0) is 5.54 Å². The molecule has 17 heavy (non-hydrogen) atoms. The van der Waals surface area contributed by atoms with Crippen molar-refractivity contribution in [2.24, 2.45) is 5.73 Å². The van der Waals surface area contributed by atoms with Crippen LogP contribution in [0, 0.1) is 0 Å². The van der Waals surface area contributed by atoms with E-state index in [2.05, 4.69) is 53.0 Å². The Morgan fingerprint density at radius 1 is 1.29 bits per heavy atom. The number of aromatic amines is 1. The second-order valence-electron chi connectivity index (χ2n) is 5.50. The Labute approximate surface area is 111 Å². The van der Waals surface area contributed by atoms with E-state index < -0.39 is 0 Å². The van der Waals surface area contributed by atoms with Crippen molar-refractivity contribution >= 4 is 26.8 Å². The van der Waals surface area contributed by atoms with Gasteiger partial charge in [-0.25, -0.2) is 0 Å². The van der Waals surface area contributed by atoms with E-state index in [1.54, 1.807) is 0 Å². The predicted molar refractivity (Wildman–Crippen MR) is 77.3 cm³/mol. The molecule has 0 amide bonds. The van der Waals surface area contributed by atoms with Crippen molar-refractivity contribution < 1.29 is 0 Å². The van der Waals surface area contributed by atoms with Crippen LogP contribution in [-0.4, -0.2) is 4.98 Å². The minimum atomic E-state index is -0.365. The van der Waals surface area contributed by atoms with E-state index in [0.29, 0.717) is 5.92 Å². The van der Waals surface area contributed by atoms with Gasteiger partial charge in [-0.05, 0) is 53.4 Å². The van der Waals surface area contributed by atoms with E-state index in [1.165, 1.54) is 10.9 Å². The van der Waals surface area contributed by atoms with Gasteiger partial charge in [-0.3, -0.25) is 0 Å². The first-order valence-electron chi connectivity index (χ1n) is 5.91. The maximum Gasteiger partial charge on any atom is 0.0516 e. The highest BCUT2D eigenvalue weighted by molar-refractivity contribution is 9.10. The van der Waals surface area contributed by atoms with E-state index in [-0.39, 0.29) is 5.54 Å². The van der Waals surface area contributed by atoms with Crippen LogP contribution < -0.4 is 5.73 Å². The molecule has 0 unspecified atom stereocenters. The van der Waals surface area contributed by atoms with Gasteiger partial charge in [0.25, 0.3) is 0 Å². The number of benzene rings is 1. The van der Waals surface area contributed by atoms with Crippen molar-refractivity contribution in [2.45, 2.75) is 39.2 Å².